The van der Waals surface area contributed by atoms with Crippen molar-refractivity contribution in [3.63, 3.8) is 0 Å². The quantitative estimate of drug-likeness (QED) is 0.444. The van der Waals surface area contributed by atoms with Crippen molar-refractivity contribution >= 4 is 38.9 Å². The lowest BCUT2D eigenvalue weighted by atomic mass is 10.2. The van der Waals surface area contributed by atoms with Crippen molar-refractivity contribution in [1.29, 1.82) is 0 Å². The predicted octanol–water partition coefficient (Wildman–Crippen LogP) is 3.62. The molecule has 0 aliphatic rings. The van der Waals surface area contributed by atoms with Crippen molar-refractivity contribution in [3.05, 3.63) is 103 Å². The maximum absolute atomic E-state index is 13.1. The van der Waals surface area contributed by atoms with Gasteiger partial charge in [-0.3, -0.25) is 9.36 Å². The van der Waals surface area contributed by atoms with Gasteiger partial charge in [-0.15, -0.1) is 16.4 Å². The molecule has 8 heteroatoms. The van der Waals surface area contributed by atoms with E-state index in [-0.39, 0.29) is 11.2 Å². The lowest BCUT2D eigenvalue weighted by Crippen LogP contribution is -2.26. The number of aromatic nitrogens is 4. The smallest absolute Gasteiger partial charge is 0.271 e. The van der Waals surface area contributed by atoms with Crippen LogP contribution >= 0.6 is 22.9 Å². The molecule has 0 fully saturated rings. The van der Waals surface area contributed by atoms with Crippen LogP contribution in [0.25, 0.3) is 16.0 Å². The molecule has 3 heterocycles. The average molecular weight is 423 g/mol. The molecular weight excluding hydrogens is 408 g/mol. The number of nitrogens with zero attached hydrogens (tertiary/aromatic N) is 4. The van der Waals surface area contributed by atoms with Crippen LogP contribution in [0.15, 0.2) is 75.6 Å². The first kappa shape index (κ1) is 17.9. The maximum atomic E-state index is 13.1. The summed E-state index contributed by atoms with van der Waals surface area (Å²) in [6.45, 7) is 0.636. The Morgan fingerprint density at radius 2 is 1.62 bits per heavy atom. The third-order valence-corrected chi connectivity index (χ3v) is 5.96. The van der Waals surface area contributed by atoms with Gasteiger partial charge in [-0.1, -0.05) is 54.1 Å². The van der Waals surface area contributed by atoms with Gasteiger partial charge in [0, 0.05) is 5.02 Å². The second-order valence-corrected chi connectivity index (χ2v) is 8.07. The highest BCUT2D eigenvalue weighted by Gasteiger charge is 2.18. The summed E-state index contributed by atoms with van der Waals surface area (Å²) in [5.74, 6) is 0.330. The fourth-order valence-electron chi connectivity index (χ4n) is 3.41. The predicted molar refractivity (Wildman–Crippen MR) is 115 cm³/mol. The molecule has 2 aromatic carbocycles. The third kappa shape index (κ3) is 3.08. The van der Waals surface area contributed by atoms with Crippen LogP contribution in [0.1, 0.15) is 11.1 Å². The Morgan fingerprint density at radius 1 is 0.897 bits per heavy atom. The van der Waals surface area contributed by atoms with Crippen LogP contribution in [0.5, 0.6) is 0 Å². The van der Waals surface area contributed by atoms with Crippen molar-refractivity contribution in [2.75, 3.05) is 0 Å². The third-order valence-electron chi connectivity index (χ3n) is 4.82. The molecule has 5 rings (SSSR count). The number of benzene rings is 2. The molecule has 0 bridgehead atoms. The number of rotatable bonds is 4. The largest absolute Gasteiger partial charge is 0.352 e. The lowest BCUT2D eigenvalue weighted by Gasteiger charge is -2.08. The van der Waals surface area contributed by atoms with Crippen molar-refractivity contribution in [1.82, 2.24) is 18.7 Å². The molecule has 0 radical (unpaired) electrons. The van der Waals surface area contributed by atoms with Crippen molar-refractivity contribution in [2.45, 2.75) is 13.1 Å². The van der Waals surface area contributed by atoms with Gasteiger partial charge in [-0.2, -0.15) is 0 Å². The highest BCUT2D eigenvalue weighted by Crippen LogP contribution is 2.18. The summed E-state index contributed by atoms with van der Waals surface area (Å²) in [5.41, 5.74) is 2.03. The van der Waals surface area contributed by atoms with Gasteiger partial charge < -0.3 is 0 Å². The van der Waals surface area contributed by atoms with Crippen LogP contribution in [0, 0.1) is 0 Å². The van der Waals surface area contributed by atoms with E-state index in [2.05, 4.69) is 5.10 Å². The van der Waals surface area contributed by atoms with E-state index in [1.54, 1.807) is 22.8 Å². The monoisotopic (exact) mass is 422 g/mol. The Kier molecular flexibility index (Phi) is 4.34. The fraction of sp³-hybridized carbons (Fsp3) is 0.0952. The number of thiophene rings is 1. The second-order valence-electron chi connectivity index (χ2n) is 6.71. The normalized spacial score (nSPS) is 11.5. The van der Waals surface area contributed by atoms with Crippen LogP contribution in [-0.2, 0) is 13.1 Å². The Hall–Kier alpha value is -3.16. The van der Waals surface area contributed by atoms with E-state index in [1.807, 2.05) is 47.8 Å². The molecule has 0 saturated heterocycles. The number of hydrogen-bond donors (Lipinski definition) is 0. The van der Waals surface area contributed by atoms with E-state index in [1.165, 1.54) is 20.4 Å². The Morgan fingerprint density at radius 3 is 2.38 bits per heavy atom. The van der Waals surface area contributed by atoms with Gasteiger partial charge in [0.15, 0.2) is 0 Å². The molecule has 144 valence electrons. The standard InChI is InChI=1S/C21H15ClN4O2S/c22-16-8-6-15(7-9-16)12-24-19(27)18-17(10-11-29-18)26-20(24)23-25(21(26)28)13-14-4-2-1-3-5-14/h1-11H,12-13H2. The molecule has 29 heavy (non-hydrogen) atoms. The van der Waals surface area contributed by atoms with E-state index in [0.29, 0.717) is 34.1 Å². The lowest BCUT2D eigenvalue weighted by molar-refractivity contribution is 0.654. The summed E-state index contributed by atoms with van der Waals surface area (Å²) in [7, 11) is 0. The van der Waals surface area contributed by atoms with Crippen LogP contribution in [0.2, 0.25) is 5.02 Å². The highest BCUT2D eigenvalue weighted by molar-refractivity contribution is 7.17. The minimum absolute atomic E-state index is 0.158. The van der Waals surface area contributed by atoms with Crippen molar-refractivity contribution < 1.29 is 0 Å². The number of hydrogen-bond acceptors (Lipinski definition) is 4. The van der Waals surface area contributed by atoms with Crippen LogP contribution in [0.4, 0.5) is 0 Å². The molecule has 0 saturated carbocycles. The first-order valence-electron chi connectivity index (χ1n) is 9.00. The minimum Gasteiger partial charge on any atom is -0.271 e. The van der Waals surface area contributed by atoms with Gasteiger partial charge >= 0.3 is 5.69 Å². The first-order valence-corrected chi connectivity index (χ1v) is 10.3. The molecule has 0 unspecified atom stereocenters. The van der Waals surface area contributed by atoms with E-state index in [0.717, 1.165) is 11.1 Å². The summed E-state index contributed by atoms with van der Waals surface area (Å²) in [6.07, 6.45) is 0. The second kappa shape index (κ2) is 7.02. The van der Waals surface area contributed by atoms with Gasteiger partial charge in [0.2, 0.25) is 5.78 Å². The number of halogens is 1. The molecule has 6 nitrogen and oxygen atoms in total. The molecule has 5 aromatic rings. The van der Waals surface area contributed by atoms with E-state index in [4.69, 9.17) is 11.6 Å². The maximum Gasteiger partial charge on any atom is 0.352 e. The van der Waals surface area contributed by atoms with Gasteiger partial charge in [0.05, 0.1) is 18.6 Å². The summed E-state index contributed by atoms with van der Waals surface area (Å²) < 4.78 is 5.00. The minimum atomic E-state index is -0.267. The Balaban J connectivity index is 1.73. The Labute approximate surface area is 173 Å². The van der Waals surface area contributed by atoms with Crippen molar-refractivity contribution in [3.8, 4) is 0 Å². The van der Waals surface area contributed by atoms with E-state index < -0.39 is 0 Å². The molecule has 0 amide bonds. The van der Waals surface area contributed by atoms with E-state index >= 15 is 0 Å². The molecule has 0 aliphatic heterocycles. The summed E-state index contributed by atoms with van der Waals surface area (Å²) in [5, 5.41) is 6.97. The Bertz CT molecular complexity index is 1450. The summed E-state index contributed by atoms with van der Waals surface area (Å²) in [4.78, 5) is 26.3. The zero-order chi connectivity index (χ0) is 20.0. The zero-order valence-corrected chi connectivity index (χ0v) is 16.7. The SMILES string of the molecule is O=c1c2sccc2n2c(=O)n(Cc3ccccc3)nc2n1Cc1ccc(Cl)cc1. The fourth-order valence-corrected chi connectivity index (χ4v) is 4.36. The van der Waals surface area contributed by atoms with Crippen LogP contribution in [0.3, 0.4) is 0 Å². The molecule has 3 aromatic heterocycles. The first-order chi connectivity index (χ1) is 14.1. The average Bonchev–Trinajstić information content (AvgIpc) is 3.33. The topological polar surface area (TPSA) is 61.3 Å². The molecule has 0 N–H and O–H groups in total. The summed E-state index contributed by atoms with van der Waals surface area (Å²) >= 11 is 7.30. The van der Waals surface area contributed by atoms with Crippen LogP contribution < -0.4 is 11.2 Å². The highest BCUT2D eigenvalue weighted by atomic mass is 35.5. The zero-order valence-electron chi connectivity index (χ0n) is 15.2. The van der Waals surface area contributed by atoms with Gasteiger partial charge in [0.25, 0.3) is 5.56 Å². The van der Waals surface area contributed by atoms with E-state index in [9.17, 15) is 9.59 Å². The molecular formula is C21H15ClN4O2S. The summed E-state index contributed by atoms with van der Waals surface area (Å²) in [6, 6.07) is 18.7. The molecule has 0 spiro atoms. The molecule has 0 atom stereocenters. The van der Waals surface area contributed by atoms with Crippen molar-refractivity contribution in [2.24, 2.45) is 0 Å². The van der Waals surface area contributed by atoms with Gasteiger partial charge in [0.1, 0.15) is 4.70 Å². The number of fused-ring (bicyclic) bond motifs is 3. The molecule has 0 aliphatic carbocycles. The van der Waals surface area contributed by atoms with Gasteiger partial charge in [-0.05, 0) is 34.7 Å². The van der Waals surface area contributed by atoms with Gasteiger partial charge in [-0.25, -0.2) is 13.9 Å². The van der Waals surface area contributed by atoms with Crippen LogP contribution in [-0.4, -0.2) is 18.7 Å².